The Labute approximate surface area is 144 Å². The van der Waals surface area contributed by atoms with Gasteiger partial charge >= 0.3 is 0 Å². The lowest BCUT2D eigenvalue weighted by atomic mass is 10.1. The van der Waals surface area contributed by atoms with Crippen molar-refractivity contribution < 1.29 is 0 Å². The van der Waals surface area contributed by atoms with Crippen molar-refractivity contribution in [2.24, 2.45) is 0 Å². The molecule has 24 heavy (non-hydrogen) atoms. The minimum atomic E-state index is 0.746. The number of anilines is 2. The van der Waals surface area contributed by atoms with E-state index in [4.69, 9.17) is 4.98 Å². The maximum atomic E-state index is 4.75. The summed E-state index contributed by atoms with van der Waals surface area (Å²) in [6, 6.07) is 12.0. The number of hydrogen-bond donors (Lipinski definition) is 3. The lowest BCUT2D eigenvalue weighted by Gasteiger charge is -2.09. The maximum Gasteiger partial charge on any atom is 0.157 e. The Bertz CT molecular complexity index is 1210. The molecule has 0 saturated carbocycles. The van der Waals surface area contributed by atoms with E-state index in [1.165, 1.54) is 0 Å². The van der Waals surface area contributed by atoms with Crippen molar-refractivity contribution in [2.75, 3.05) is 5.32 Å². The van der Waals surface area contributed by atoms with E-state index in [0.717, 1.165) is 48.8 Å². The first-order valence-corrected chi connectivity index (χ1v) is 8.20. The predicted octanol–water partition coefficient (Wildman–Crippen LogP) is 4.49. The lowest BCUT2D eigenvalue weighted by molar-refractivity contribution is 1.12. The third-order valence-corrected chi connectivity index (χ3v) is 4.53. The molecule has 0 spiro atoms. The van der Waals surface area contributed by atoms with Crippen LogP contribution in [0.1, 0.15) is 0 Å². The Morgan fingerprint density at radius 2 is 1.92 bits per heavy atom. The molecule has 3 N–H and O–H groups in total. The summed E-state index contributed by atoms with van der Waals surface area (Å²) in [5, 5.41) is 12.7. The molecule has 0 saturated heterocycles. The number of aromatic nitrogens is 5. The number of fused-ring (bicyclic) bond motifs is 4. The Morgan fingerprint density at radius 1 is 1.00 bits per heavy atom. The number of H-pyrrole nitrogens is 2. The molecule has 0 aliphatic carbocycles. The molecule has 2 aromatic carbocycles. The zero-order chi connectivity index (χ0) is 16.1. The van der Waals surface area contributed by atoms with E-state index in [2.05, 4.69) is 47.5 Å². The van der Waals surface area contributed by atoms with Gasteiger partial charge in [-0.05, 0) is 36.4 Å². The molecule has 3 aromatic heterocycles. The van der Waals surface area contributed by atoms with Crippen molar-refractivity contribution in [3.8, 4) is 0 Å². The largest absolute Gasteiger partial charge is 0.345 e. The highest BCUT2D eigenvalue weighted by Gasteiger charge is 2.11. The van der Waals surface area contributed by atoms with Gasteiger partial charge in [0, 0.05) is 20.9 Å². The Kier molecular flexibility index (Phi) is 2.83. The Morgan fingerprint density at radius 3 is 2.88 bits per heavy atom. The molecule has 0 aliphatic rings. The summed E-state index contributed by atoms with van der Waals surface area (Å²) in [7, 11) is 0. The number of halogens is 1. The van der Waals surface area contributed by atoms with Crippen LogP contribution in [0, 0.1) is 0 Å². The molecule has 5 rings (SSSR count). The molecule has 6 nitrogen and oxygen atoms in total. The molecule has 0 fully saturated rings. The minimum Gasteiger partial charge on any atom is -0.345 e. The van der Waals surface area contributed by atoms with Crippen molar-refractivity contribution in [3.63, 3.8) is 0 Å². The summed E-state index contributed by atoms with van der Waals surface area (Å²) in [4.78, 5) is 12.1. The zero-order valence-corrected chi connectivity index (χ0v) is 13.9. The highest BCUT2D eigenvalue weighted by molar-refractivity contribution is 9.10. The van der Waals surface area contributed by atoms with Crippen molar-refractivity contribution in [1.82, 2.24) is 25.1 Å². The van der Waals surface area contributed by atoms with Crippen LogP contribution in [0.2, 0.25) is 0 Å². The van der Waals surface area contributed by atoms with Gasteiger partial charge in [-0.15, -0.1) is 0 Å². The average Bonchev–Trinajstić information content (AvgIpc) is 3.24. The number of imidazole rings is 1. The number of hydrogen-bond acceptors (Lipinski definition) is 4. The summed E-state index contributed by atoms with van der Waals surface area (Å²) in [6.07, 6.45) is 3.52. The first kappa shape index (κ1) is 13.5. The topological polar surface area (TPSA) is 82.3 Å². The third kappa shape index (κ3) is 2.05. The second kappa shape index (κ2) is 5.04. The van der Waals surface area contributed by atoms with Gasteiger partial charge in [-0.25, -0.2) is 9.97 Å². The second-order valence-electron chi connectivity index (χ2n) is 5.54. The van der Waals surface area contributed by atoms with Crippen molar-refractivity contribution in [2.45, 2.75) is 0 Å². The van der Waals surface area contributed by atoms with E-state index in [0.29, 0.717) is 0 Å². The number of rotatable bonds is 2. The molecule has 0 unspecified atom stereocenters. The van der Waals surface area contributed by atoms with Crippen LogP contribution in [0.15, 0.2) is 53.4 Å². The van der Waals surface area contributed by atoms with Crippen LogP contribution >= 0.6 is 15.9 Å². The quantitative estimate of drug-likeness (QED) is 0.422. The third-order valence-electron chi connectivity index (χ3n) is 4.04. The normalized spacial score (nSPS) is 11.5. The molecule has 0 bridgehead atoms. The van der Waals surface area contributed by atoms with Gasteiger partial charge in [0.1, 0.15) is 5.52 Å². The molecular weight excluding hydrogens is 368 g/mol. The van der Waals surface area contributed by atoms with Crippen LogP contribution < -0.4 is 5.32 Å². The molecule has 5 aromatic rings. The highest BCUT2D eigenvalue weighted by atomic mass is 79.9. The molecule has 3 heterocycles. The lowest BCUT2D eigenvalue weighted by Crippen LogP contribution is -1.96. The second-order valence-corrected chi connectivity index (χ2v) is 6.46. The molecule has 7 heteroatoms. The maximum absolute atomic E-state index is 4.75. The molecule has 0 aliphatic heterocycles. The van der Waals surface area contributed by atoms with Crippen LogP contribution in [-0.2, 0) is 0 Å². The van der Waals surface area contributed by atoms with E-state index in [9.17, 15) is 0 Å². The minimum absolute atomic E-state index is 0.746. The molecule has 0 atom stereocenters. The Hall–Kier alpha value is -2.93. The van der Waals surface area contributed by atoms with Crippen LogP contribution in [0.4, 0.5) is 11.5 Å². The van der Waals surface area contributed by atoms with Gasteiger partial charge in [-0.1, -0.05) is 15.9 Å². The first-order valence-electron chi connectivity index (χ1n) is 7.40. The Balaban J connectivity index is 1.69. The average molecular weight is 379 g/mol. The summed E-state index contributed by atoms with van der Waals surface area (Å²) >= 11 is 3.51. The monoisotopic (exact) mass is 378 g/mol. The van der Waals surface area contributed by atoms with E-state index < -0.39 is 0 Å². The number of nitrogens with one attached hydrogen (secondary N) is 3. The molecule has 0 amide bonds. The fourth-order valence-electron chi connectivity index (χ4n) is 2.91. The van der Waals surface area contributed by atoms with Crippen molar-refractivity contribution in [3.05, 3.63) is 53.4 Å². The fourth-order valence-corrected chi connectivity index (χ4v) is 3.27. The number of nitrogens with zero attached hydrogens (tertiary/aromatic N) is 3. The van der Waals surface area contributed by atoms with E-state index in [1.54, 1.807) is 6.33 Å². The molecular formula is C17H11BrN6. The molecule has 116 valence electrons. The number of aromatic amines is 2. The van der Waals surface area contributed by atoms with Gasteiger partial charge in [0.15, 0.2) is 5.82 Å². The van der Waals surface area contributed by atoms with Gasteiger partial charge in [-0.2, -0.15) is 5.10 Å². The van der Waals surface area contributed by atoms with Gasteiger partial charge in [0.2, 0.25) is 0 Å². The highest BCUT2D eigenvalue weighted by Crippen LogP contribution is 2.31. The standard InChI is InChI=1S/C17H11BrN6/c18-9-1-3-13-11(5-9)12-7-21-24-16(12)17(23-13)22-10-2-4-14-15(6-10)20-8-19-14/h1-8H,(H,19,20)(H,21,24)(H,22,23). The smallest absolute Gasteiger partial charge is 0.157 e. The van der Waals surface area contributed by atoms with Gasteiger partial charge in [-0.3, -0.25) is 5.10 Å². The zero-order valence-electron chi connectivity index (χ0n) is 12.3. The summed E-state index contributed by atoms with van der Waals surface area (Å²) in [5.74, 6) is 0.746. The van der Waals surface area contributed by atoms with Crippen LogP contribution in [0.5, 0.6) is 0 Å². The number of benzene rings is 2. The van der Waals surface area contributed by atoms with Crippen LogP contribution in [0.3, 0.4) is 0 Å². The summed E-state index contributed by atoms with van der Waals surface area (Å²) in [6.45, 7) is 0. The SMILES string of the molecule is Brc1ccc2nc(Nc3ccc4nc[nH]c4c3)c3[nH]ncc3c2c1. The van der Waals surface area contributed by atoms with Crippen LogP contribution in [-0.4, -0.2) is 25.1 Å². The summed E-state index contributed by atoms with van der Waals surface area (Å²) < 4.78 is 1.02. The predicted molar refractivity (Wildman–Crippen MR) is 98.5 cm³/mol. The van der Waals surface area contributed by atoms with E-state index in [1.807, 2.05) is 36.5 Å². The first-order chi connectivity index (χ1) is 11.8. The van der Waals surface area contributed by atoms with Crippen LogP contribution in [0.25, 0.3) is 32.8 Å². The number of pyridine rings is 1. The van der Waals surface area contributed by atoms with Gasteiger partial charge in [0.25, 0.3) is 0 Å². The summed E-state index contributed by atoms with van der Waals surface area (Å²) in [5.41, 5.74) is 4.64. The van der Waals surface area contributed by atoms with E-state index >= 15 is 0 Å². The van der Waals surface area contributed by atoms with E-state index in [-0.39, 0.29) is 0 Å². The van der Waals surface area contributed by atoms with Gasteiger partial charge in [0.05, 0.1) is 29.1 Å². The molecule has 0 radical (unpaired) electrons. The van der Waals surface area contributed by atoms with Crippen molar-refractivity contribution >= 4 is 60.3 Å². The van der Waals surface area contributed by atoms with Gasteiger partial charge < -0.3 is 10.3 Å². The van der Waals surface area contributed by atoms with Crippen molar-refractivity contribution in [1.29, 1.82) is 0 Å². The fraction of sp³-hybridized carbons (Fsp3) is 0.